The van der Waals surface area contributed by atoms with Crippen LogP contribution in [0.15, 0.2) is 22.7 Å². The summed E-state index contributed by atoms with van der Waals surface area (Å²) in [5, 5.41) is 5.08. The molecule has 0 atom stereocenters. The highest BCUT2D eigenvalue weighted by molar-refractivity contribution is 6.39. The van der Waals surface area contributed by atoms with Crippen molar-refractivity contribution >= 4 is 29.0 Å². The van der Waals surface area contributed by atoms with Crippen molar-refractivity contribution in [2.24, 2.45) is 0 Å². The summed E-state index contributed by atoms with van der Waals surface area (Å²) >= 11 is 12.6. The molecular weight excluding hydrogens is 295 g/mol. The average molecular weight is 311 g/mol. The molecule has 1 aliphatic rings. The molecule has 1 fully saturated rings. The van der Waals surface area contributed by atoms with E-state index in [1.807, 2.05) is 6.07 Å². The highest BCUT2D eigenvalue weighted by Crippen LogP contribution is 2.48. The fourth-order valence-electron chi connectivity index (χ4n) is 3.08. The molecule has 106 valence electrons. The monoisotopic (exact) mass is 310 g/mol. The van der Waals surface area contributed by atoms with Gasteiger partial charge in [0.15, 0.2) is 11.6 Å². The summed E-state index contributed by atoms with van der Waals surface area (Å²) in [6.07, 6.45) is 4.51. The van der Waals surface area contributed by atoms with Crippen molar-refractivity contribution in [3.05, 3.63) is 34.0 Å². The van der Waals surface area contributed by atoms with Gasteiger partial charge >= 0.3 is 0 Å². The number of hydrogen-bond donors (Lipinski definition) is 1. The Balaban J connectivity index is 2.22. The minimum absolute atomic E-state index is 0.0392. The van der Waals surface area contributed by atoms with E-state index in [0.29, 0.717) is 15.9 Å². The van der Waals surface area contributed by atoms with E-state index in [1.54, 1.807) is 12.1 Å². The first-order chi connectivity index (χ1) is 9.53. The normalized spacial score (nSPS) is 17.6. The van der Waals surface area contributed by atoms with E-state index in [0.717, 1.165) is 29.7 Å². The highest BCUT2D eigenvalue weighted by atomic mass is 35.5. The van der Waals surface area contributed by atoms with Gasteiger partial charge in [-0.15, -0.1) is 0 Å². The predicted octanol–water partition coefficient (Wildman–Crippen LogP) is 5.06. The van der Waals surface area contributed by atoms with Gasteiger partial charge in [0.25, 0.3) is 0 Å². The zero-order valence-corrected chi connectivity index (χ0v) is 12.8. The molecule has 3 rings (SSSR count). The van der Waals surface area contributed by atoms with Gasteiger partial charge in [-0.1, -0.05) is 54.2 Å². The lowest BCUT2D eigenvalue weighted by atomic mass is 9.82. The SMILES string of the molecule is CC1(c2onc(N)c2-c2c(Cl)cccc2Cl)CCCC1. The molecule has 1 aromatic carbocycles. The Morgan fingerprint density at radius 3 is 2.35 bits per heavy atom. The fraction of sp³-hybridized carbons (Fsp3) is 0.400. The molecule has 0 amide bonds. The van der Waals surface area contributed by atoms with E-state index in [4.69, 9.17) is 33.5 Å². The van der Waals surface area contributed by atoms with Crippen molar-refractivity contribution in [3.8, 4) is 11.1 Å². The number of nitrogens with two attached hydrogens (primary N) is 1. The van der Waals surface area contributed by atoms with Crippen molar-refractivity contribution in [3.63, 3.8) is 0 Å². The minimum atomic E-state index is -0.0392. The van der Waals surface area contributed by atoms with Gasteiger partial charge in [-0.25, -0.2) is 0 Å². The first-order valence-corrected chi connectivity index (χ1v) is 7.48. The van der Waals surface area contributed by atoms with Crippen LogP contribution in [0.2, 0.25) is 10.0 Å². The lowest BCUT2D eigenvalue weighted by molar-refractivity contribution is 0.307. The number of hydrogen-bond acceptors (Lipinski definition) is 3. The second-order valence-corrected chi connectivity index (χ2v) is 6.45. The van der Waals surface area contributed by atoms with Crippen LogP contribution < -0.4 is 5.73 Å². The molecule has 0 spiro atoms. The predicted molar refractivity (Wildman–Crippen MR) is 82.2 cm³/mol. The number of nitrogens with zero attached hydrogens (tertiary/aromatic N) is 1. The number of halogens is 2. The average Bonchev–Trinajstić information content (AvgIpc) is 2.98. The molecule has 1 aliphatic carbocycles. The van der Waals surface area contributed by atoms with E-state index < -0.39 is 0 Å². The topological polar surface area (TPSA) is 52.0 Å². The third-order valence-electron chi connectivity index (χ3n) is 4.19. The van der Waals surface area contributed by atoms with Crippen LogP contribution in [-0.4, -0.2) is 5.16 Å². The quantitative estimate of drug-likeness (QED) is 0.843. The molecule has 1 heterocycles. The molecule has 0 saturated heterocycles. The van der Waals surface area contributed by atoms with Gasteiger partial charge in [-0.2, -0.15) is 0 Å². The van der Waals surface area contributed by atoms with Gasteiger partial charge in [0.05, 0.1) is 15.6 Å². The first kappa shape index (κ1) is 13.8. The number of nitrogen functional groups attached to an aromatic ring is 1. The third-order valence-corrected chi connectivity index (χ3v) is 4.82. The number of rotatable bonds is 2. The van der Waals surface area contributed by atoms with Gasteiger partial charge in [-0.05, 0) is 25.0 Å². The van der Waals surface area contributed by atoms with E-state index in [1.165, 1.54) is 12.8 Å². The highest BCUT2D eigenvalue weighted by Gasteiger charge is 2.38. The molecule has 0 aliphatic heterocycles. The zero-order chi connectivity index (χ0) is 14.3. The Morgan fingerprint density at radius 1 is 1.15 bits per heavy atom. The van der Waals surface area contributed by atoms with Crippen molar-refractivity contribution in [1.29, 1.82) is 0 Å². The standard InChI is InChI=1S/C15H16Cl2N2O/c1-15(7-2-3-8-15)13-12(14(18)19-20-13)11-9(16)5-4-6-10(11)17/h4-6H,2-3,7-8H2,1H3,(H2,18,19). The molecular formula is C15H16Cl2N2O. The number of anilines is 1. The van der Waals surface area contributed by atoms with E-state index in [9.17, 15) is 0 Å². The first-order valence-electron chi connectivity index (χ1n) is 6.73. The fourth-order valence-corrected chi connectivity index (χ4v) is 3.66. The maximum Gasteiger partial charge on any atom is 0.175 e. The zero-order valence-electron chi connectivity index (χ0n) is 11.2. The van der Waals surface area contributed by atoms with Crippen molar-refractivity contribution in [1.82, 2.24) is 5.16 Å². The van der Waals surface area contributed by atoms with E-state index in [2.05, 4.69) is 12.1 Å². The van der Waals surface area contributed by atoms with Gasteiger partial charge in [0, 0.05) is 11.0 Å². The van der Waals surface area contributed by atoms with Crippen LogP contribution in [0, 0.1) is 0 Å². The van der Waals surface area contributed by atoms with E-state index in [-0.39, 0.29) is 5.41 Å². The molecule has 20 heavy (non-hydrogen) atoms. The number of benzene rings is 1. The third kappa shape index (κ3) is 2.09. The largest absolute Gasteiger partial charge is 0.380 e. The number of aromatic nitrogens is 1. The second kappa shape index (κ2) is 4.97. The van der Waals surface area contributed by atoms with Gasteiger partial charge in [-0.3, -0.25) is 0 Å². The lowest BCUT2D eigenvalue weighted by Gasteiger charge is -2.21. The van der Waals surface area contributed by atoms with Gasteiger partial charge in [0.2, 0.25) is 0 Å². The molecule has 2 N–H and O–H groups in total. The smallest absolute Gasteiger partial charge is 0.175 e. The van der Waals surface area contributed by atoms with Crippen molar-refractivity contribution in [2.75, 3.05) is 5.73 Å². The van der Waals surface area contributed by atoms with Crippen LogP contribution in [0.1, 0.15) is 38.4 Å². The summed E-state index contributed by atoms with van der Waals surface area (Å²) in [4.78, 5) is 0. The molecule has 0 radical (unpaired) electrons. The van der Waals surface area contributed by atoms with Crippen LogP contribution >= 0.6 is 23.2 Å². The van der Waals surface area contributed by atoms with Crippen molar-refractivity contribution in [2.45, 2.75) is 38.0 Å². The van der Waals surface area contributed by atoms with Crippen LogP contribution in [-0.2, 0) is 5.41 Å². The summed E-state index contributed by atoms with van der Waals surface area (Å²) < 4.78 is 5.55. The maximum absolute atomic E-state index is 6.31. The molecule has 2 aromatic rings. The van der Waals surface area contributed by atoms with Crippen LogP contribution in [0.25, 0.3) is 11.1 Å². The van der Waals surface area contributed by atoms with Crippen LogP contribution in [0.4, 0.5) is 5.82 Å². The molecule has 0 bridgehead atoms. The molecule has 5 heteroatoms. The van der Waals surface area contributed by atoms with Gasteiger partial charge < -0.3 is 10.3 Å². The second-order valence-electron chi connectivity index (χ2n) is 5.64. The Morgan fingerprint density at radius 2 is 1.75 bits per heavy atom. The van der Waals surface area contributed by atoms with Crippen LogP contribution in [0.5, 0.6) is 0 Å². The van der Waals surface area contributed by atoms with Gasteiger partial charge in [0.1, 0.15) is 0 Å². The molecule has 3 nitrogen and oxygen atoms in total. The Labute approximate surface area is 128 Å². The Hall–Kier alpha value is -1.19. The lowest BCUT2D eigenvalue weighted by Crippen LogP contribution is -2.17. The summed E-state index contributed by atoms with van der Waals surface area (Å²) in [7, 11) is 0. The van der Waals surface area contributed by atoms with Crippen LogP contribution in [0.3, 0.4) is 0 Å². The molecule has 1 saturated carbocycles. The Kier molecular flexibility index (Phi) is 3.43. The summed E-state index contributed by atoms with van der Waals surface area (Å²) in [6.45, 7) is 2.19. The van der Waals surface area contributed by atoms with E-state index >= 15 is 0 Å². The minimum Gasteiger partial charge on any atom is -0.380 e. The summed E-state index contributed by atoms with van der Waals surface area (Å²) in [5.41, 5.74) is 7.45. The van der Waals surface area contributed by atoms with Crippen molar-refractivity contribution < 1.29 is 4.52 Å². The summed E-state index contributed by atoms with van der Waals surface area (Å²) in [5.74, 6) is 1.16. The Bertz CT molecular complexity index is 625. The maximum atomic E-state index is 6.31. The molecule has 1 aromatic heterocycles. The molecule has 0 unspecified atom stereocenters. The summed E-state index contributed by atoms with van der Waals surface area (Å²) in [6, 6.07) is 5.42.